The minimum atomic E-state index is -4.70. The van der Waals surface area contributed by atoms with Gasteiger partial charge in [-0.2, -0.15) is 5.09 Å². The van der Waals surface area contributed by atoms with Crippen LogP contribution in [0.4, 0.5) is 0 Å². The minimum Gasteiger partial charge on any atom is -0.496 e. The Balaban J connectivity index is 1.70. The van der Waals surface area contributed by atoms with Gasteiger partial charge < -0.3 is 29.3 Å². The van der Waals surface area contributed by atoms with Crippen LogP contribution in [-0.2, 0) is 18.6 Å². The lowest BCUT2D eigenvalue weighted by Gasteiger charge is -2.29. The van der Waals surface area contributed by atoms with Crippen molar-refractivity contribution in [3.05, 3.63) is 79.9 Å². The maximum atomic E-state index is 14.0. The second-order valence-electron chi connectivity index (χ2n) is 8.86. The lowest BCUT2D eigenvalue weighted by Crippen LogP contribution is -2.45. The van der Waals surface area contributed by atoms with Crippen molar-refractivity contribution in [3.8, 4) is 11.5 Å². The van der Waals surface area contributed by atoms with E-state index in [9.17, 15) is 39.8 Å². The predicted octanol–water partition coefficient (Wildman–Crippen LogP) is 1.22. The number of nitrogens with one attached hydrogen (secondary N) is 2. The van der Waals surface area contributed by atoms with Gasteiger partial charge in [-0.15, -0.1) is 0 Å². The molecule has 0 saturated carbocycles. The molecule has 218 valence electrons. The number of methoxy groups -OCH3 is 1. The number of aromatic amines is 1. The number of carboxylic acid groups (broad SMARTS) is 1. The lowest BCUT2D eigenvalue weighted by molar-refractivity contribution is -0.138. The predicted molar refractivity (Wildman–Crippen MR) is 140 cm³/mol. The largest absolute Gasteiger partial charge is 0.496 e. The van der Waals surface area contributed by atoms with E-state index in [2.05, 4.69) is 15.1 Å². The van der Waals surface area contributed by atoms with Crippen molar-refractivity contribution < 1.29 is 43.2 Å². The normalized spacial score (nSPS) is 24.2. The smallest absolute Gasteiger partial charge is 0.459 e. The summed E-state index contributed by atoms with van der Waals surface area (Å²) in [5.74, 6) is -0.942. The molecule has 0 aliphatic carbocycles. The number of carbonyl (C=O) groups is 1. The number of azide groups is 1. The van der Waals surface area contributed by atoms with E-state index in [0.29, 0.717) is 16.5 Å². The van der Waals surface area contributed by atoms with Crippen LogP contribution in [0.15, 0.2) is 63.4 Å². The molecule has 1 aliphatic heterocycles. The third kappa shape index (κ3) is 5.96. The van der Waals surface area contributed by atoms with Gasteiger partial charge in [-0.25, -0.2) is 9.36 Å². The first kappa shape index (κ1) is 29.8. The average Bonchev–Trinajstić information content (AvgIpc) is 3.18. The molecule has 17 nitrogen and oxygen atoms in total. The van der Waals surface area contributed by atoms with E-state index >= 15 is 0 Å². The van der Waals surface area contributed by atoms with E-state index in [-0.39, 0.29) is 5.75 Å². The molecule has 2 heterocycles. The van der Waals surface area contributed by atoms with Crippen molar-refractivity contribution in [1.82, 2.24) is 14.6 Å². The number of nitrogens with zero attached hydrogens (tertiary/aromatic N) is 4. The number of hydrogen-bond donors (Lipinski definition) is 5. The molecule has 1 aromatic heterocycles. The first-order valence-corrected chi connectivity index (χ1v) is 13.4. The van der Waals surface area contributed by atoms with Crippen LogP contribution in [0.1, 0.15) is 13.2 Å². The van der Waals surface area contributed by atoms with Crippen LogP contribution in [0.3, 0.4) is 0 Å². The third-order valence-electron chi connectivity index (χ3n) is 6.19. The van der Waals surface area contributed by atoms with Gasteiger partial charge in [0, 0.05) is 27.9 Å². The summed E-state index contributed by atoms with van der Waals surface area (Å²) in [7, 11) is -3.24. The Morgan fingerprint density at radius 1 is 1.24 bits per heavy atom. The summed E-state index contributed by atoms with van der Waals surface area (Å²) in [6.07, 6.45) is -4.65. The Morgan fingerprint density at radius 3 is 2.51 bits per heavy atom. The fraction of sp³-hybridized carbons (Fsp3) is 0.348. The number of H-pyrrole nitrogens is 1. The fourth-order valence-corrected chi connectivity index (χ4v) is 5.66. The maximum absolute atomic E-state index is 14.0. The number of hydrogen-bond acceptors (Lipinski definition) is 11. The molecule has 1 unspecified atom stereocenters. The average molecular weight is 592 g/mol. The van der Waals surface area contributed by atoms with Crippen LogP contribution in [0.25, 0.3) is 21.2 Å². The van der Waals surface area contributed by atoms with E-state index in [1.165, 1.54) is 26.2 Å². The van der Waals surface area contributed by atoms with Gasteiger partial charge in [-0.1, -0.05) is 29.4 Å². The van der Waals surface area contributed by atoms with Crippen molar-refractivity contribution in [2.75, 3.05) is 13.7 Å². The van der Waals surface area contributed by atoms with Crippen molar-refractivity contribution in [3.63, 3.8) is 0 Å². The molecular weight excluding hydrogens is 567 g/mol. The number of carboxylic acids is 1. The molecule has 41 heavy (non-hydrogen) atoms. The first-order chi connectivity index (χ1) is 19.4. The van der Waals surface area contributed by atoms with E-state index in [1.807, 2.05) is 4.98 Å². The van der Waals surface area contributed by atoms with Crippen LogP contribution in [-0.4, -0.2) is 68.5 Å². The summed E-state index contributed by atoms with van der Waals surface area (Å²) >= 11 is 0. The zero-order valence-corrected chi connectivity index (χ0v) is 22.4. The Morgan fingerprint density at radius 2 is 1.90 bits per heavy atom. The molecule has 0 bridgehead atoms. The molecule has 0 spiro atoms. The van der Waals surface area contributed by atoms with Crippen LogP contribution in [0.2, 0.25) is 0 Å². The minimum absolute atomic E-state index is 0.00162. The number of aliphatic carboxylic acids is 1. The van der Waals surface area contributed by atoms with Crippen LogP contribution >= 0.6 is 7.75 Å². The second-order valence-corrected chi connectivity index (χ2v) is 10.6. The molecule has 0 radical (unpaired) electrons. The number of fused-ring (bicyclic) bond motifs is 1. The van der Waals surface area contributed by atoms with E-state index in [4.69, 9.17) is 18.5 Å². The van der Waals surface area contributed by atoms with Crippen molar-refractivity contribution in [1.29, 1.82) is 0 Å². The fourth-order valence-electron chi connectivity index (χ4n) is 4.12. The number of aliphatic hydroxyl groups is 2. The first-order valence-electron chi connectivity index (χ1n) is 11.9. The number of aromatic nitrogens is 2. The van der Waals surface area contributed by atoms with Crippen LogP contribution in [0, 0.1) is 0 Å². The quantitative estimate of drug-likeness (QED) is 0.0913. The van der Waals surface area contributed by atoms with E-state index < -0.39 is 61.8 Å². The number of aliphatic hydroxyl groups excluding tert-OH is 2. The molecule has 0 amide bonds. The Labute approximate surface area is 230 Å². The van der Waals surface area contributed by atoms with Crippen LogP contribution in [0.5, 0.6) is 11.5 Å². The summed E-state index contributed by atoms with van der Waals surface area (Å²) in [5, 5.41) is 37.5. The highest BCUT2D eigenvalue weighted by atomic mass is 31.2. The van der Waals surface area contributed by atoms with E-state index in [0.717, 1.165) is 16.8 Å². The Kier molecular flexibility index (Phi) is 8.51. The highest BCUT2D eigenvalue weighted by Crippen LogP contribution is 2.50. The molecule has 3 aromatic rings. The summed E-state index contributed by atoms with van der Waals surface area (Å²) in [5.41, 5.74) is 4.97. The van der Waals surface area contributed by atoms with Crippen LogP contribution < -0.4 is 25.6 Å². The van der Waals surface area contributed by atoms with Gasteiger partial charge in [0.25, 0.3) is 5.56 Å². The standard InChI is InChI=1S/C23H25N6O11P/c1-12(21(33)34)26-41(36,40-16-8-7-15(37-2)13-5-3-4-6-14(13)16)38-11-23(27-28-24)19(32)18(31)20(39-23)29-10-9-17(30)25-22(29)35/h3-10,12,18-20,31-32H,11H2,1-2H3,(H,26,36)(H,33,34)(H,25,30,35)/t12-,18+,19-,20+,23+,41?/m0/s1. The molecular formula is C23H25N6O11P. The van der Waals surface area contributed by atoms with Gasteiger partial charge in [0.05, 0.1) is 13.7 Å². The molecule has 6 atom stereocenters. The topological polar surface area (TPSA) is 247 Å². The zero-order chi connectivity index (χ0) is 29.9. The lowest BCUT2D eigenvalue weighted by atomic mass is 10.1. The zero-order valence-electron chi connectivity index (χ0n) is 21.5. The monoisotopic (exact) mass is 592 g/mol. The van der Waals surface area contributed by atoms with Crippen molar-refractivity contribution in [2.24, 2.45) is 5.11 Å². The maximum Gasteiger partial charge on any atom is 0.459 e. The molecule has 5 N–H and O–H groups in total. The highest BCUT2D eigenvalue weighted by molar-refractivity contribution is 7.52. The van der Waals surface area contributed by atoms with E-state index in [1.54, 1.807) is 24.3 Å². The SMILES string of the molecule is COc1ccc(OP(=O)(N[C@@H](C)C(=O)O)OC[C@@]2(N=[N+]=[N-])O[C@@H](n3ccc(=O)[nH]c3=O)[C@H](O)[C@@H]2O)c2ccccc12. The van der Waals surface area contributed by atoms with Gasteiger partial charge in [0.2, 0.25) is 5.72 Å². The van der Waals surface area contributed by atoms with Gasteiger partial charge in [-0.3, -0.25) is 23.7 Å². The molecule has 4 rings (SSSR count). The van der Waals surface area contributed by atoms with Gasteiger partial charge in [0.15, 0.2) is 6.23 Å². The second kappa shape index (κ2) is 11.7. The number of rotatable bonds is 11. The van der Waals surface area contributed by atoms with Crippen molar-refractivity contribution in [2.45, 2.75) is 37.1 Å². The molecule has 1 fully saturated rings. The van der Waals surface area contributed by atoms with Gasteiger partial charge in [0.1, 0.15) is 29.7 Å². The summed E-state index contributed by atoms with van der Waals surface area (Å²) in [6, 6.07) is 9.15. The van der Waals surface area contributed by atoms with Crippen molar-refractivity contribution >= 4 is 24.5 Å². The molecule has 2 aromatic carbocycles. The Bertz CT molecular complexity index is 1670. The third-order valence-corrected chi connectivity index (χ3v) is 7.80. The molecule has 1 saturated heterocycles. The molecule has 18 heteroatoms. The molecule has 1 aliphatic rings. The van der Waals surface area contributed by atoms with Gasteiger partial charge >= 0.3 is 19.4 Å². The summed E-state index contributed by atoms with van der Waals surface area (Å²) in [6.45, 7) is 0.120. The number of ether oxygens (including phenoxy) is 2. The summed E-state index contributed by atoms with van der Waals surface area (Å²) in [4.78, 5) is 39.8. The van der Waals surface area contributed by atoms with Gasteiger partial charge in [-0.05, 0) is 24.6 Å². The number of benzene rings is 2. The highest BCUT2D eigenvalue weighted by Gasteiger charge is 2.56. The summed E-state index contributed by atoms with van der Waals surface area (Å²) < 4.78 is 36.8. The Hall–Kier alpha value is -4.21.